The summed E-state index contributed by atoms with van der Waals surface area (Å²) < 4.78 is 0. The summed E-state index contributed by atoms with van der Waals surface area (Å²) in [5.41, 5.74) is 5.81. The minimum Gasteiger partial charge on any atom is -0.354 e. The summed E-state index contributed by atoms with van der Waals surface area (Å²) in [6, 6.07) is 0.270. The molecular formula is C13H23N3O2. The van der Waals surface area contributed by atoms with Crippen molar-refractivity contribution in [1.29, 1.82) is 0 Å². The number of rotatable bonds is 5. The Kier molecular flexibility index (Phi) is 4.58. The Bertz CT molecular complexity index is 307. The van der Waals surface area contributed by atoms with Crippen LogP contribution in [0.5, 0.6) is 0 Å². The van der Waals surface area contributed by atoms with E-state index in [-0.39, 0.29) is 29.7 Å². The molecule has 0 aliphatic heterocycles. The molecule has 4 N–H and O–H groups in total. The normalized spacial score (nSPS) is 27.6. The van der Waals surface area contributed by atoms with E-state index in [1.165, 1.54) is 0 Å². The fraction of sp³-hybridized carbons (Fsp3) is 0.846. The average molecular weight is 253 g/mol. The van der Waals surface area contributed by atoms with Crippen molar-refractivity contribution in [2.75, 3.05) is 13.1 Å². The molecule has 102 valence electrons. The van der Waals surface area contributed by atoms with E-state index >= 15 is 0 Å². The summed E-state index contributed by atoms with van der Waals surface area (Å²) in [6.07, 6.45) is 5.69. The van der Waals surface area contributed by atoms with Gasteiger partial charge in [-0.05, 0) is 38.5 Å². The summed E-state index contributed by atoms with van der Waals surface area (Å²) in [5.74, 6) is 0.597. The molecule has 0 bridgehead atoms. The maximum atomic E-state index is 11.8. The third-order valence-corrected chi connectivity index (χ3v) is 3.81. The van der Waals surface area contributed by atoms with E-state index in [1.54, 1.807) is 0 Å². The molecule has 5 nitrogen and oxygen atoms in total. The second-order valence-electron chi connectivity index (χ2n) is 5.47. The number of carbonyl (C=O) groups is 2. The van der Waals surface area contributed by atoms with Gasteiger partial charge in [0, 0.05) is 31.0 Å². The second-order valence-corrected chi connectivity index (χ2v) is 5.47. The largest absolute Gasteiger partial charge is 0.354 e. The number of nitrogens with two attached hydrogens (primary N) is 1. The zero-order valence-electron chi connectivity index (χ0n) is 10.8. The molecule has 5 heteroatoms. The predicted octanol–water partition coefficient (Wildman–Crippen LogP) is 0.146. The molecule has 18 heavy (non-hydrogen) atoms. The van der Waals surface area contributed by atoms with Gasteiger partial charge in [0.2, 0.25) is 11.8 Å². The molecule has 0 radical (unpaired) electrons. The van der Waals surface area contributed by atoms with Gasteiger partial charge in [-0.15, -0.1) is 0 Å². The van der Waals surface area contributed by atoms with Gasteiger partial charge in [0.15, 0.2) is 0 Å². The van der Waals surface area contributed by atoms with Gasteiger partial charge in [0.25, 0.3) is 0 Å². The van der Waals surface area contributed by atoms with Gasteiger partial charge < -0.3 is 16.4 Å². The van der Waals surface area contributed by atoms with Crippen LogP contribution >= 0.6 is 0 Å². The Hall–Kier alpha value is -1.10. The molecule has 0 aromatic carbocycles. The van der Waals surface area contributed by atoms with Crippen molar-refractivity contribution in [2.24, 2.45) is 17.6 Å². The number of nitrogens with one attached hydrogen (secondary N) is 2. The van der Waals surface area contributed by atoms with Gasteiger partial charge in [0.1, 0.15) is 0 Å². The number of amides is 2. The fourth-order valence-electron chi connectivity index (χ4n) is 2.39. The van der Waals surface area contributed by atoms with E-state index < -0.39 is 0 Å². The summed E-state index contributed by atoms with van der Waals surface area (Å²) >= 11 is 0. The first-order chi connectivity index (χ1) is 8.66. The van der Waals surface area contributed by atoms with Crippen molar-refractivity contribution in [3.05, 3.63) is 0 Å². The van der Waals surface area contributed by atoms with Gasteiger partial charge in [-0.1, -0.05) is 0 Å². The van der Waals surface area contributed by atoms with E-state index in [2.05, 4.69) is 10.6 Å². The molecule has 2 aliphatic rings. The Morgan fingerprint density at radius 1 is 0.833 bits per heavy atom. The Balaban J connectivity index is 1.55. The van der Waals surface area contributed by atoms with Gasteiger partial charge in [-0.3, -0.25) is 9.59 Å². The Morgan fingerprint density at radius 2 is 1.22 bits per heavy atom. The molecule has 0 aromatic heterocycles. The molecule has 0 saturated heterocycles. The first-order valence-electron chi connectivity index (χ1n) is 6.98. The molecule has 0 atom stereocenters. The third-order valence-electron chi connectivity index (χ3n) is 3.81. The topological polar surface area (TPSA) is 84.2 Å². The first kappa shape index (κ1) is 13.3. The minimum atomic E-state index is 0.113. The molecular weight excluding hydrogens is 230 g/mol. The maximum Gasteiger partial charge on any atom is 0.223 e. The number of hydrogen-bond donors (Lipinski definition) is 3. The quantitative estimate of drug-likeness (QED) is 0.610. The van der Waals surface area contributed by atoms with Gasteiger partial charge in [0.05, 0.1) is 0 Å². The molecule has 0 unspecified atom stereocenters. The second kappa shape index (κ2) is 6.18. The van der Waals surface area contributed by atoms with Crippen molar-refractivity contribution in [3.8, 4) is 0 Å². The standard InChI is InChI=1S/C13H23N3O2/c14-11-5-3-10(4-6-11)13(18)16-8-7-15-12(17)9-1-2-9/h9-11H,1-8,14H2,(H,15,17)(H,16,18). The Labute approximate surface area is 108 Å². The van der Waals surface area contributed by atoms with Crippen LogP contribution in [0.15, 0.2) is 0 Å². The van der Waals surface area contributed by atoms with Crippen molar-refractivity contribution in [3.63, 3.8) is 0 Å². The summed E-state index contributed by atoms with van der Waals surface area (Å²) in [7, 11) is 0. The van der Waals surface area contributed by atoms with Gasteiger partial charge in [-0.2, -0.15) is 0 Å². The highest BCUT2D eigenvalue weighted by Gasteiger charge is 2.29. The van der Waals surface area contributed by atoms with Crippen LogP contribution in [0.1, 0.15) is 38.5 Å². The van der Waals surface area contributed by atoms with Crippen molar-refractivity contribution in [1.82, 2.24) is 10.6 Å². The molecule has 0 spiro atoms. The fourth-order valence-corrected chi connectivity index (χ4v) is 2.39. The lowest BCUT2D eigenvalue weighted by molar-refractivity contribution is -0.126. The molecule has 2 rings (SSSR count). The van der Waals surface area contributed by atoms with E-state index in [0.717, 1.165) is 38.5 Å². The van der Waals surface area contributed by atoms with E-state index in [4.69, 9.17) is 5.73 Å². The van der Waals surface area contributed by atoms with Crippen LogP contribution < -0.4 is 16.4 Å². The average Bonchev–Trinajstić information content (AvgIpc) is 3.19. The van der Waals surface area contributed by atoms with Crippen molar-refractivity contribution < 1.29 is 9.59 Å². The molecule has 0 heterocycles. The van der Waals surface area contributed by atoms with Crippen LogP contribution in [0.25, 0.3) is 0 Å². The van der Waals surface area contributed by atoms with Gasteiger partial charge in [-0.25, -0.2) is 0 Å². The molecule has 2 saturated carbocycles. The van der Waals surface area contributed by atoms with Crippen LogP contribution in [0.3, 0.4) is 0 Å². The number of hydrogen-bond acceptors (Lipinski definition) is 3. The van der Waals surface area contributed by atoms with Crippen LogP contribution in [0.2, 0.25) is 0 Å². The third kappa shape index (κ3) is 3.98. The highest BCUT2D eigenvalue weighted by molar-refractivity contribution is 5.81. The summed E-state index contributed by atoms with van der Waals surface area (Å²) in [4.78, 5) is 23.2. The lowest BCUT2D eigenvalue weighted by atomic mass is 9.86. The van der Waals surface area contributed by atoms with Crippen LogP contribution in [0, 0.1) is 11.8 Å². The predicted molar refractivity (Wildman–Crippen MR) is 68.7 cm³/mol. The van der Waals surface area contributed by atoms with Crippen LogP contribution in [-0.2, 0) is 9.59 Å². The zero-order valence-corrected chi connectivity index (χ0v) is 10.8. The highest BCUT2D eigenvalue weighted by Crippen LogP contribution is 2.28. The maximum absolute atomic E-state index is 11.8. The zero-order chi connectivity index (χ0) is 13.0. The summed E-state index contributed by atoms with van der Waals surface area (Å²) in [5, 5.41) is 5.72. The molecule has 2 amide bonds. The smallest absolute Gasteiger partial charge is 0.223 e. The monoisotopic (exact) mass is 253 g/mol. The van der Waals surface area contributed by atoms with Crippen LogP contribution in [-0.4, -0.2) is 30.9 Å². The summed E-state index contributed by atoms with van der Waals surface area (Å²) in [6.45, 7) is 1.06. The molecule has 2 aliphatic carbocycles. The molecule has 0 aromatic rings. The van der Waals surface area contributed by atoms with E-state index in [0.29, 0.717) is 13.1 Å². The number of carbonyl (C=O) groups excluding carboxylic acids is 2. The molecule has 2 fully saturated rings. The highest BCUT2D eigenvalue weighted by atomic mass is 16.2. The van der Waals surface area contributed by atoms with Crippen LogP contribution in [0.4, 0.5) is 0 Å². The first-order valence-corrected chi connectivity index (χ1v) is 6.98. The van der Waals surface area contributed by atoms with E-state index in [1.807, 2.05) is 0 Å². The van der Waals surface area contributed by atoms with E-state index in [9.17, 15) is 9.59 Å². The van der Waals surface area contributed by atoms with Crippen molar-refractivity contribution in [2.45, 2.75) is 44.6 Å². The lowest BCUT2D eigenvalue weighted by Crippen LogP contribution is -2.40. The SMILES string of the molecule is NC1CCC(C(=O)NCCNC(=O)C2CC2)CC1. The lowest BCUT2D eigenvalue weighted by Gasteiger charge is -2.25. The minimum absolute atomic E-state index is 0.113. The van der Waals surface area contributed by atoms with Crippen molar-refractivity contribution >= 4 is 11.8 Å². The van der Waals surface area contributed by atoms with Gasteiger partial charge >= 0.3 is 0 Å². The Morgan fingerprint density at radius 3 is 1.61 bits per heavy atom.